The second kappa shape index (κ2) is 13.4. The number of fused-ring (bicyclic) bond motifs is 1. The summed E-state index contributed by atoms with van der Waals surface area (Å²) in [6.45, 7) is 2.20. The highest BCUT2D eigenvalue weighted by atomic mass is 16.5. The summed E-state index contributed by atoms with van der Waals surface area (Å²) in [6, 6.07) is 9.40. The van der Waals surface area contributed by atoms with Gasteiger partial charge in [-0.05, 0) is 91.9 Å². The Morgan fingerprint density at radius 1 is 1.12 bits per heavy atom. The number of nitrogens with two attached hydrogens (primary N) is 1. The molecule has 0 radical (unpaired) electrons. The molecule has 0 bridgehead atoms. The van der Waals surface area contributed by atoms with Gasteiger partial charge in [-0.3, -0.25) is 19.3 Å². The number of phenolic OH excluding ortho intramolecular Hbond substituents is 1. The number of primary amides is 1. The Morgan fingerprint density at radius 2 is 1.88 bits per heavy atom. The first kappa shape index (κ1) is 29.7. The van der Waals surface area contributed by atoms with Gasteiger partial charge >= 0.3 is 0 Å². The first-order valence-corrected chi connectivity index (χ1v) is 14.1. The van der Waals surface area contributed by atoms with E-state index < -0.39 is 36.6 Å². The molecule has 3 unspecified atom stereocenters. The number of benzene rings is 2. The maximum atomic E-state index is 13.3. The number of hydrogen-bond acceptors (Lipinski definition) is 8. The highest BCUT2D eigenvalue weighted by Gasteiger charge is 2.35. The van der Waals surface area contributed by atoms with Crippen molar-refractivity contribution in [1.29, 1.82) is 0 Å². The van der Waals surface area contributed by atoms with Crippen LogP contribution in [-0.4, -0.2) is 71.1 Å². The van der Waals surface area contributed by atoms with E-state index in [-0.39, 0.29) is 36.9 Å². The lowest BCUT2D eigenvalue weighted by atomic mass is 9.72. The van der Waals surface area contributed by atoms with E-state index in [0.717, 1.165) is 47.6 Å². The molecule has 1 heterocycles. The smallest absolute Gasteiger partial charge is 0.224 e. The molecule has 2 aromatic carbocycles. The van der Waals surface area contributed by atoms with Crippen LogP contribution in [-0.2, 0) is 22.6 Å². The number of aliphatic hydroxyl groups excluding tert-OH is 2. The van der Waals surface area contributed by atoms with Crippen molar-refractivity contribution >= 4 is 17.5 Å². The van der Waals surface area contributed by atoms with Gasteiger partial charge in [0.15, 0.2) is 5.78 Å². The summed E-state index contributed by atoms with van der Waals surface area (Å²) < 4.78 is 5.64. The van der Waals surface area contributed by atoms with E-state index in [9.17, 15) is 29.7 Å². The molecule has 9 heteroatoms. The number of carbonyl (C=O) groups is 3. The first-order chi connectivity index (χ1) is 19.2. The topological polar surface area (TPSA) is 150 Å². The molecule has 3 atom stereocenters. The van der Waals surface area contributed by atoms with Gasteiger partial charge in [-0.25, -0.2) is 0 Å². The van der Waals surface area contributed by atoms with Crippen LogP contribution in [0.4, 0.5) is 0 Å². The Kier molecular flexibility index (Phi) is 9.95. The van der Waals surface area contributed by atoms with Gasteiger partial charge in [0.05, 0.1) is 25.7 Å². The zero-order valence-corrected chi connectivity index (χ0v) is 23.1. The lowest BCUT2D eigenvalue weighted by molar-refractivity contribution is -0.131. The molecule has 4 rings (SSSR count). The molecule has 0 aromatic heterocycles. The number of nitrogens with zero attached hydrogens (tertiary/aromatic N) is 1. The van der Waals surface area contributed by atoms with E-state index in [1.165, 1.54) is 12.8 Å². The van der Waals surface area contributed by atoms with E-state index in [1.54, 1.807) is 13.2 Å². The normalized spacial score (nSPS) is 18.8. The van der Waals surface area contributed by atoms with Crippen LogP contribution >= 0.6 is 0 Å². The molecule has 1 saturated heterocycles. The second-order valence-electron chi connectivity index (χ2n) is 11.1. The Bertz CT molecular complexity index is 1240. The number of aliphatic hydroxyl groups is 2. The minimum absolute atomic E-state index is 0.0511. The molecule has 40 heavy (non-hydrogen) atoms. The Labute approximate surface area is 234 Å². The van der Waals surface area contributed by atoms with E-state index in [4.69, 9.17) is 10.5 Å². The summed E-state index contributed by atoms with van der Waals surface area (Å²) in [6.07, 6.45) is 3.20. The zero-order valence-electron chi connectivity index (χ0n) is 23.1. The number of aromatic hydroxyl groups is 1. The van der Waals surface area contributed by atoms with Crippen molar-refractivity contribution in [3.8, 4) is 22.6 Å². The third-order valence-electron chi connectivity index (χ3n) is 8.38. The molecule has 1 amide bonds. The molecular formula is C31H40N2O7. The summed E-state index contributed by atoms with van der Waals surface area (Å²) in [5.41, 5.74) is 9.13. The number of methoxy groups -OCH3 is 1. The molecule has 1 aliphatic carbocycles. The largest absolute Gasteiger partial charge is 0.507 e. The van der Waals surface area contributed by atoms with E-state index in [0.29, 0.717) is 18.4 Å². The summed E-state index contributed by atoms with van der Waals surface area (Å²) in [7, 11) is 1.66. The molecule has 216 valence electrons. The van der Waals surface area contributed by atoms with Crippen molar-refractivity contribution < 1.29 is 34.4 Å². The van der Waals surface area contributed by atoms with Gasteiger partial charge in [-0.1, -0.05) is 12.1 Å². The van der Waals surface area contributed by atoms with Crippen molar-refractivity contribution in [2.75, 3.05) is 33.4 Å². The number of likely N-dealkylation sites (tertiary alicyclic amines) is 1. The molecule has 0 saturated carbocycles. The Hall–Kier alpha value is -3.27. The quantitative estimate of drug-likeness (QED) is 0.277. The predicted octanol–water partition coefficient (Wildman–Crippen LogP) is 2.85. The molecule has 0 spiro atoms. The summed E-state index contributed by atoms with van der Waals surface area (Å²) in [5.74, 6) is -2.10. The molecule has 5 N–H and O–H groups in total. The first-order valence-electron chi connectivity index (χ1n) is 14.1. The van der Waals surface area contributed by atoms with Gasteiger partial charge in [0.25, 0.3) is 0 Å². The number of Topliss-reactive ketones (excluding diaryl/α,β-unsaturated/α-hetero) is 2. The van der Waals surface area contributed by atoms with Crippen LogP contribution in [0.5, 0.6) is 11.5 Å². The highest BCUT2D eigenvalue weighted by Crippen LogP contribution is 2.42. The van der Waals surface area contributed by atoms with Crippen molar-refractivity contribution in [2.45, 2.75) is 51.5 Å². The monoisotopic (exact) mass is 552 g/mol. The minimum Gasteiger partial charge on any atom is -0.507 e. The number of ketones is 2. The van der Waals surface area contributed by atoms with Crippen LogP contribution < -0.4 is 10.5 Å². The Morgan fingerprint density at radius 3 is 2.52 bits per heavy atom. The third-order valence-corrected chi connectivity index (χ3v) is 8.38. The zero-order chi connectivity index (χ0) is 28.8. The van der Waals surface area contributed by atoms with E-state index in [2.05, 4.69) is 11.0 Å². The number of phenols is 1. The number of rotatable bonds is 13. The second-order valence-corrected chi connectivity index (χ2v) is 11.1. The molecule has 2 aliphatic rings. The van der Waals surface area contributed by atoms with E-state index >= 15 is 0 Å². The van der Waals surface area contributed by atoms with Crippen LogP contribution in [0.1, 0.15) is 60.0 Å². The van der Waals surface area contributed by atoms with Gasteiger partial charge < -0.3 is 25.8 Å². The van der Waals surface area contributed by atoms with Crippen LogP contribution in [0.25, 0.3) is 11.1 Å². The lowest BCUT2D eigenvalue weighted by Crippen LogP contribution is -2.33. The fraction of sp³-hybridized carbons (Fsp3) is 0.516. The Balaban J connectivity index is 1.65. The van der Waals surface area contributed by atoms with Crippen LogP contribution in [0.3, 0.4) is 0 Å². The minimum atomic E-state index is -0.852. The molecule has 1 aliphatic heterocycles. The van der Waals surface area contributed by atoms with Crippen LogP contribution in [0.15, 0.2) is 30.3 Å². The third kappa shape index (κ3) is 6.71. The molecule has 2 aromatic rings. The fourth-order valence-corrected chi connectivity index (χ4v) is 6.47. The number of hydrogen-bond donors (Lipinski definition) is 4. The van der Waals surface area contributed by atoms with Gasteiger partial charge in [0.2, 0.25) is 5.91 Å². The van der Waals surface area contributed by atoms with Gasteiger partial charge in [-0.2, -0.15) is 0 Å². The lowest BCUT2D eigenvalue weighted by Gasteiger charge is -2.32. The van der Waals surface area contributed by atoms with Gasteiger partial charge in [0.1, 0.15) is 17.3 Å². The molecule has 9 nitrogen and oxygen atoms in total. The number of ether oxygens (including phenoxy) is 1. The van der Waals surface area contributed by atoms with Gasteiger partial charge in [-0.15, -0.1) is 0 Å². The number of carbonyl (C=O) groups excluding carboxylic acids is 3. The maximum Gasteiger partial charge on any atom is 0.224 e. The average Bonchev–Trinajstić information content (AvgIpc) is 3.42. The predicted molar refractivity (Wildman–Crippen MR) is 150 cm³/mol. The van der Waals surface area contributed by atoms with Crippen LogP contribution in [0, 0.1) is 17.8 Å². The summed E-state index contributed by atoms with van der Waals surface area (Å²) in [4.78, 5) is 39.7. The molecule has 1 fully saturated rings. The van der Waals surface area contributed by atoms with Crippen molar-refractivity contribution in [2.24, 2.45) is 23.5 Å². The van der Waals surface area contributed by atoms with Gasteiger partial charge in [0, 0.05) is 31.1 Å². The van der Waals surface area contributed by atoms with Crippen molar-refractivity contribution in [1.82, 2.24) is 4.90 Å². The standard InChI is InChI=1S/C31H40N2O7/c1-40-29-7-4-20(15-22(29)17-33-9-2-3-10-33)23-5-6-26(36)31-24(23)13-19(14-28(31)38)12-21(8-11-34)25(18-35)27(37)16-30(32)39/h4-7,15,19,21,25,34-36H,2-3,8-14,16-18H2,1H3,(H2,32,39). The molecular weight excluding hydrogens is 512 g/mol. The van der Waals surface area contributed by atoms with E-state index in [1.807, 2.05) is 18.2 Å². The number of amides is 1. The summed E-state index contributed by atoms with van der Waals surface area (Å²) in [5, 5.41) is 30.3. The highest BCUT2D eigenvalue weighted by molar-refractivity contribution is 6.03. The maximum absolute atomic E-state index is 13.3. The van der Waals surface area contributed by atoms with Crippen molar-refractivity contribution in [3.05, 3.63) is 47.0 Å². The van der Waals surface area contributed by atoms with Crippen molar-refractivity contribution in [3.63, 3.8) is 0 Å². The fourth-order valence-electron chi connectivity index (χ4n) is 6.47. The summed E-state index contributed by atoms with van der Waals surface area (Å²) >= 11 is 0. The van der Waals surface area contributed by atoms with Crippen LogP contribution in [0.2, 0.25) is 0 Å². The SMILES string of the molecule is COc1ccc(-c2ccc(O)c3c2CC(CC(CCO)C(CO)C(=O)CC(N)=O)CC3=O)cc1CN1CCCC1. The average molecular weight is 553 g/mol.